The first kappa shape index (κ1) is 23.6. The van der Waals surface area contributed by atoms with Crippen LogP contribution in [0.4, 0.5) is 0 Å². The molecule has 0 spiro atoms. The fraction of sp³-hybridized carbons (Fsp3) is 0.226. The van der Waals surface area contributed by atoms with E-state index >= 15 is 0 Å². The van der Waals surface area contributed by atoms with Gasteiger partial charge in [0.15, 0.2) is 11.5 Å². The second kappa shape index (κ2) is 11.1. The highest BCUT2D eigenvalue weighted by molar-refractivity contribution is 5.45. The summed E-state index contributed by atoms with van der Waals surface area (Å²) in [6.07, 6.45) is 3.69. The minimum atomic E-state index is 0.303. The van der Waals surface area contributed by atoms with Crippen molar-refractivity contribution in [2.75, 3.05) is 21.0 Å². The Labute approximate surface area is 212 Å². The molecule has 0 saturated carbocycles. The third-order valence-electron chi connectivity index (χ3n) is 6.34. The maximum Gasteiger partial charge on any atom is 0.231 e. The molecule has 0 bridgehead atoms. The van der Waals surface area contributed by atoms with Crippen molar-refractivity contribution >= 4 is 0 Å². The molecule has 4 aromatic rings. The van der Waals surface area contributed by atoms with Gasteiger partial charge in [0.25, 0.3) is 0 Å². The zero-order valence-electron chi connectivity index (χ0n) is 20.7. The average Bonchev–Trinajstić information content (AvgIpc) is 3.40. The van der Waals surface area contributed by atoms with Gasteiger partial charge in [0.05, 0.1) is 14.2 Å². The molecule has 1 aliphatic rings. The number of hydrogen-bond acceptors (Lipinski definition) is 5. The lowest BCUT2D eigenvalue weighted by Gasteiger charge is -2.12. The fourth-order valence-corrected chi connectivity index (χ4v) is 4.28. The Morgan fingerprint density at radius 2 is 1.06 bits per heavy atom. The number of rotatable bonds is 10. The van der Waals surface area contributed by atoms with Crippen molar-refractivity contribution in [1.82, 2.24) is 0 Å². The van der Waals surface area contributed by atoms with Gasteiger partial charge in [0.1, 0.15) is 23.0 Å². The first-order valence-corrected chi connectivity index (χ1v) is 12.1. The lowest BCUT2D eigenvalue weighted by molar-refractivity contribution is 0.174. The van der Waals surface area contributed by atoms with Crippen LogP contribution in [0.25, 0.3) is 0 Å². The van der Waals surface area contributed by atoms with Crippen LogP contribution in [0.3, 0.4) is 0 Å². The van der Waals surface area contributed by atoms with Gasteiger partial charge in [-0.05, 0) is 96.5 Å². The Morgan fingerprint density at radius 3 is 1.75 bits per heavy atom. The van der Waals surface area contributed by atoms with E-state index in [-0.39, 0.29) is 0 Å². The summed E-state index contributed by atoms with van der Waals surface area (Å²) >= 11 is 0. The largest absolute Gasteiger partial charge is 0.497 e. The molecular formula is C31H30O5. The molecule has 0 radical (unpaired) electrons. The summed E-state index contributed by atoms with van der Waals surface area (Å²) < 4.78 is 27.8. The van der Waals surface area contributed by atoms with Gasteiger partial charge in [0, 0.05) is 6.07 Å². The van der Waals surface area contributed by atoms with Crippen molar-refractivity contribution in [2.45, 2.75) is 25.7 Å². The van der Waals surface area contributed by atoms with Crippen molar-refractivity contribution in [3.05, 3.63) is 107 Å². The van der Waals surface area contributed by atoms with E-state index in [9.17, 15) is 0 Å². The van der Waals surface area contributed by atoms with Gasteiger partial charge in [-0.25, -0.2) is 0 Å². The first-order valence-electron chi connectivity index (χ1n) is 12.1. The average molecular weight is 483 g/mol. The van der Waals surface area contributed by atoms with Gasteiger partial charge in [-0.3, -0.25) is 0 Å². The third kappa shape index (κ3) is 5.92. The summed E-state index contributed by atoms with van der Waals surface area (Å²) in [4.78, 5) is 0. The van der Waals surface area contributed by atoms with Crippen molar-refractivity contribution in [3.63, 3.8) is 0 Å². The van der Waals surface area contributed by atoms with Crippen LogP contribution in [0.5, 0.6) is 34.5 Å². The minimum absolute atomic E-state index is 0.303. The molecule has 4 aromatic carbocycles. The topological polar surface area (TPSA) is 46.2 Å². The van der Waals surface area contributed by atoms with Crippen molar-refractivity contribution in [3.8, 4) is 34.5 Å². The van der Waals surface area contributed by atoms with E-state index < -0.39 is 0 Å². The molecular weight excluding hydrogens is 452 g/mol. The number of ether oxygens (including phenoxy) is 5. The standard InChI is InChI=1S/C31H30O5/c1-32-26-12-7-23(8-13-26)4-6-25-17-28(33-2)20-29(18-25)36-27-14-9-22(10-15-27)3-5-24-11-16-30-31(19-24)35-21-34-30/h7-20H,3-6,21H2,1-2H3. The van der Waals surface area contributed by atoms with Crippen LogP contribution in [0, 0.1) is 0 Å². The summed E-state index contributed by atoms with van der Waals surface area (Å²) in [6.45, 7) is 0.303. The number of benzene rings is 4. The van der Waals surface area contributed by atoms with Crippen LogP contribution >= 0.6 is 0 Å². The molecule has 0 aliphatic carbocycles. The third-order valence-corrected chi connectivity index (χ3v) is 6.34. The molecule has 36 heavy (non-hydrogen) atoms. The molecule has 0 atom stereocenters. The minimum Gasteiger partial charge on any atom is -0.497 e. The van der Waals surface area contributed by atoms with E-state index in [0.29, 0.717) is 6.79 Å². The number of hydrogen-bond donors (Lipinski definition) is 0. The molecule has 1 heterocycles. The Bertz CT molecular complexity index is 1300. The molecule has 5 nitrogen and oxygen atoms in total. The normalized spacial score (nSPS) is 11.8. The maximum atomic E-state index is 6.19. The Morgan fingerprint density at radius 1 is 0.500 bits per heavy atom. The van der Waals surface area contributed by atoms with E-state index in [0.717, 1.165) is 60.2 Å². The number of fused-ring (bicyclic) bond motifs is 1. The van der Waals surface area contributed by atoms with Gasteiger partial charge in [-0.1, -0.05) is 30.3 Å². The molecule has 1 aliphatic heterocycles. The van der Waals surface area contributed by atoms with E-state index in [4.69, 9.17) is 23.7 Å². The summed E-state index contributed by atoms with van der Waals surface area (Å²) in [5, 5.41) is 0. The number of methoxy groups -OCH3 is 2. The molecule has 0 aromatic heterocycles. The lowest BCUT2D eigenvalue weighted by Crippen LogP contribution is -1.95. The van der Waals surface area contributed by atoms with Gasteiger partial charge >= 0.3 is 0 Å². The highest BCUT2D eigenvalue weighted by Crippen LogP contribution is 2.33. The maximum absolute atomic E-state index is 6.19. The molecule has 5 heteroatoms. The van der Waals surface area contributed by atoms with Crippen LogP contribution < -0.4 is 23.7 Å². The van der Waals surface area contributed by atoms with Crippen LogP contribution in [0.15, 0.2) is 84.9 Å². The van der Waals surface area contributed by atoms with Gasteiger partial charge in [-0.15, -0.1) is 0 Å². The van der Waals surface area contributed by atoms with Crippen LogP contribution in [-0.4, -0.2) is 21.0 Å². The Kier molecular flexibility index (Phi) is 7.27. The summed E-state index contributed by atoms with van der Waals surface area (Å²) in [6, 6.07) is 28.7. The van der Waals surface area contributed by atoms with Gasteiger partial charge < -0.3 is 23.7 Å². The van der Waals surface area contributed by atoms with E-state index in [2.05, 4.69) is 48.5 Å². The van der Waals surface area contributed by atoms with Crippen LogP contribution in [0.2, 0.25) is 0 Å². The molecule has 0 fully saturated rings. The smallest absolute Gasteiger partial charge is 0.231 e. The summed E-state index contributed by atoms with van der Waals surface area (Å²) in [5.41, 5.74) is 4.92. The van der Waals surface area contributed by atoms with Crippen molar-refractivity contribution in [1.29, 1.82) is 0 Å². The molecule has 0 saturated heterocycles. The van der Waals surface area contributed by atoms with Gasteiger partial charge in [0.2, 0.25) is 6.79 Å². The second-order valence-electron chi connectivity index (χ2n) is 8.80. The van der Waals surface area contributed by atoms with E-state index in [1.54, 1.807) is 14.2 Å². The van der Waals surface area contributed by atoms with E-state index in [1.165, 1.54) is 22.3 Å². The highest BCUT2D eigenvalue weighted by Gasteiger charge is 2.13. The van der Waals surface area contributed by atoms with Crippen LogP contribution in [0.1, 0.15) is 22.3 Å². The zero-order valence-corrected chi connectivity index (χ0v) is 20.7. The molecule has 0 amide bonds. The lowest BCUT2D eigenvalue weighted by atomic mass is 10.0. The molecule has 0 unspecified atom stereocenters. The highest BCUT2D eigenvalue weighted by atomic mass is 16.7. The second-order valence-corrected chi connectivity index (χ2v) is 8.80. The monoisotopic (exact) mass is 482 g/mol. The Hall–Kier alpha value is -4.12. The summed E-state index contributed by atoms with van der Waals surface area (Å²) in [7, 11) is 3.36. The molecule has 184 valence electrons. The predicted molar refractivity (Wildman–Crippen MR) is 140 cm³/mol. The fourth-order valence-electron chi connectivity index (χ4n) is 4.28. The zero-order chi connectivity index (χ0) is 24.7. The molecule has 0 N–H and O–H groups in total. The van der Waals surface area contributed by atoms with E-state index in [1.807, 2.05) is 36.4 Å². The number of aryl methyl sites for hydroxylation is 4. The quantitative estimate of drug-likeness (QED) is 0.249. The van der Waals surface area contributed by atoms with Crippen LogP contribution in [-0.2, 0) is 25.7 Å². The Balaban J connectivity index is 1.19. The first-order chi connectivity index (χ1) is 17.7. The molecule has 5 rings (SSSR count). The predicted octanol–water partition coefficient (Wildman–Crippen LogP) is 6.80. The van der Waals surface area contributed by atoms with Crippen molar-refractivity contribution in [2.24, 2.45) is 0 Å². The van der Waals surface area contributed by atoms with Gasteiger partial charge in [-0.2, -0.15) is 0 Å². The SMILES string of the molecule is COc1ccc(CCc2cc(OC)cc(Oc3ccc(CCc4ccc5c(c4)OCO5)cc3)c2)cc1. The summed E-state index contributed by atoms with van der Waals surface area (Å²) in [5.74, 6) is 4.88. The van der Waals surface area contributed by atoms with Crippen molar-refractivity contribution < 1.29 is 23.7 Å².